The van der Waals surface area contributed by atoms with E-state index in [1.54, 1.807) is 0 Å². The van der Waals surface area contributed by atoms with Crippen LogP contribution in [-0.2, 0) is 6.54 Å². The second-order valence-electron chi connectivity index (χ2n) is 5.36. The summed E-state index contributed by atoms with van der Waals surface area (Å²) < 4.78 is 10.5. The number of hydrogen-bond donors (Lipinski definition) is 3. The van der Waals surface area contributed by atoms with E-state index in [-0.39, 0.29) is 22.5 Å². The van der Waals surface area contributed by atoms with E-state index in [2.05, 4.69) is 15.8 Å². The molecule has 0 aliphatic carbocycles. The summed E-state index contributed by atoms with van der Waals surface area (Å²) in [6.45, 7) is 0.626. The number of nitrogens with one attached hydrogen (secondary N) is 2. The van der Waals surface area contributed by atoms with Gasteiger partial charge in [-0.05, 0) is 36.0 Å². The molecule has 9 nitrogen and oxygen atoms in total. The third kappa shape index (κ3) is 4.54. The summed E-state index contributed by atoms with van der Waals surface area (Å²) in [6, 6.07) is 7.92. The number of ether oxygens (including phenoxy) is 2. The molecule has 2 aromatic rings. The zero-order valence-corrected chi connectivity index (χ0v) is 15.2. The van der Waals surface area contributed by atoms with Crippen molar-refractivity contribution in [3.63, 3.8) is 0 Å². The van der Waals surface area contributed by atoms with E-state index in [1.165, 1.54) is 12.3 Å². The van der Waals surface area contributed by atoms with Crippen molar-refractivity contribution in [2.24, 2.45) is 5.10 Å². The van der Waals surface area contributed by atoms with Crippen molar-refractivity contribution in [1.29, 1.82) is 0 Å². The lowest BCUT2D eigenvalue weighted by atomic mass is 10.2. The molecule has 1 aliphatic heterocycles. The minimum Gasteiger partial charge on any atom is -0.502 e. The van der Waals surface area contributed by atoms with E-state index in [4.69, 9.17) is 33.3 Å². The predicted octanol–water partition coefficient (Wildman–Crippen LogP) is 2.68. The lowest BCUT2D eigenvalue weighted by molar-refractivity contribution is -0.385. The van der Waals surface area contributed by atoms with Crippen molar-refractivity contribution < 1.29 is 19.5 Å². The van der Waals surface area contributed by atoms with Crippen LogP contribution in [0, 0.1) is 10.1 Å². The van der Waals surface area contributed by atoms with Crippen molar-refractivity contribution in [3.8, 4) is 17.2 Å². The van der Waals surface area contributed by atoms with Gasteiger partial charge in [0.1, 0.15) is 0 Å². The molecule has 1 aliphatic rings. The molecular weight excluding hydrogens is 396 g/mol. The Labute approximate surface area is 163 Å². The molecule has 0 bridgehead atoms. The van der Waals surface area contributed by atoms with E-state index < -0.39 is 16.4 Å². The number of aromatic hydroxyl groups is 1. The van der Waals surface area contributed by atoms with Crippen molar-refractivity contribution >= 4 is 40.8 Å². The second-order valence-corrected chi connectivity index (χ2v) is 6.20. The van der Waals surface area contributed by atoms with Crippen LogP contribution in [0.2, 0.25) is 5.02 Å². The summed E-state index contributed by atoms with van der Waals surface area (Å²) in [5.74, 6) is 0.831. The van der Waals surface area contributed by atoms with Gasteiger partial charge in [-0.3, -0.25) is 15.5 Å². The van der Waals surface area contributed by atoms with Crippen LogP contribution in [0.1, 0.15) is 11.1 Å². The number of phenols is 1. The Morgan fingerprint density at radius 2 is 2.15 bits per heavy atom. The number of nitro groups is 1. The number of nitrogens with zero attached hydrogens (tertiary/aromatic N) is 2. The number of hydrazone groups is 1. The summed E-state index contributed by atoms with van der Waals surface area (Å²) >= 11 is 10.9. The topological polar surface area (TPSA) is 118 Å². The standard InChI is InChI=1S/C16H13ClN4O5S/c17-11-4-10(15(22)12(5-11)21(23)24)7-19-20-16(27)18-6-9-1-2-13-14(3-9)26-8-25-13/h1-5,7,22H,6,8H2,(H2,18,20,27)/b19-7-. The smallest absolute Gasteiger partial charge is 0.312 e. The van der Waals surface area contributed by atoms with Crippen LogP contribution >= 0.6 is 23.8 Å². The third-order valence-electron chi connectivity index (χ3n) is 3.54. The van der Waals surface area contributed by atoms with Gasteiger partial charge in [0.05, 0.1) is 11.1 Å². The van der Waals surface area contributed by atoms with Crippen LogP contribution < -0.4 is 20.2 Å². The Morgan fingerprint density at radius 1 is 1.37 bits per heavy atom. The molecule has 0 aromatic heterocycles. The molecule has 0 fully saturated rings. The van der Waals surface area contributed by atoms with Gasteiger partial charge in [-0.1, -0.05) is 17.7 Å². The number of thiocarbonyl (C=S) groups is 1. The van der Waals surface area contributed by atoms with Crippen molar-refractivity contribution in [2.75, 3.05) is 6.79 Å². The number of benzene rings is 2. The van der Waals surface area contributed by atoms with Crippen LogP contribution in [0.3, 0.4) is 0 Å². The van der Waals surface area contributed by atoms with Gasteiger partial charge < -0.3 is 19.9 Å². The summed E-state index contributed by atoms with van der Waals surface area (Å²) in [6.07, 6.45) is 1.18. The average Bonchev–Trinajstić information content (AvgIpc) is 3.10. The number of nitro benzene ring substituents is 1. The maximum absolute atomic E-state index is 10.9. The Morgan fingerprint density at radius 3 is 2.93 bits per heavy atom. The van der Waals surface area contributed by atoms with Gasteiger partial charge in [0.2, 0.25) is 12.5 Å². The van der Waals surface area contributed by atoms with E-state index in [1.807, 2.05) is 18.2 Å². The zero-order valence-electron chi connectivity index (χ0n) is 13.6. The maximum atomic E-state index is 10.9. The molecule has 0 radical (unpaired) electrons. The third-order valence-corrected chi connectivity index (χ3v) is 3.99. The van der Waals surface area contributed by atoms with Crippen molar-refractivity contribution in [1.82, 2.24) is 10.7 Å². The SMILES string of the molecule is O=[N+]([O-])c1cc(Cl)cc(/C=N\NC(=S)NCc2ccc3c(c2)OCO3)c1O. The first-order valence-electron chi connectivity index (χ1n) is 7.56. The molecule has 140 valence electrons. The fourth-order valence-electron chi connectivity index (χ4n) is 2.28. The fraction of sp³-hybridized carbons (Fsp3) is 0.125. The monoisotopic (exact) mass is 408 g/mol. The first-order chi connectivity index (χ1) is 12.9. The Balaban J connectivity index is 1.57. The van der Waals surface area contributed by atoms with Gasteiger partial charge in [0.15, 0.2) is 16.6 Å². The number of hydrogen-bond acceptors (Lipinski definition) is 7. The minimum absolute atomic E-state index is 0.0836. The Bertz CT molecular complexity index is 937. The van der Waals surface area contributed by atoms with Gasteiger partial charge in [0.25, 0.3) is 0 Å². The van der Waals surface area contributed by atoms with Gasteiger partial charge in [0, 0.05) is 23.2 Å². The zero-order chi connectivity index (χ0) is 19.4. The minimum atomic E-state index is -0.733. The first-order valence-corrected chi connectivity index (χ1v) is 8.35. The lowest BCUT2D eigenvalue weighted by Gasteiger charge is -2.08. The highest BCUT2D eigenvalue weighted by atomic mass is 35.5. The highest BCUT2D eigenvalue weighted by molar-refractivity contribution is 7.80. The largest absolute Gasteiger partial charge is 0.502 e. The molecule has 0 spiro atoms. The Kier molecular flexibility index (Phi) is 5.57. The maximum Gasteiger partial charge on any atom is 0.312 e. The van der Waals surface area contributed by atoms with Gasteiger partial charge in [-0.15, -0.1) is 0 Å². The molecule has 0 amide bonds. The first kappa shape index (κ1) is 18.7. The van der Waals surface area contributed by atoms with E-state index >= 15 is 0 Å². The molecule has 0 unspecified atom stereocenters. The molecule has 0 saturated carbocycles. The normalized spacial score (nSPS) is 12.2. The quantitative estimate of drug-likeness (QED) is 0.299. The van der Waals surface area contributed by atoms with Gasteiger partial charge in [-0.2, -0.15) is 5.10 Å². The molecular formula is C16H13ClN4O5S. The predicted molar refractivity (Wildman–Crippen MR) is 103 cm³/mol. The van der Waals surface area contributed by atoms with Crippen molar-refractivity contribution in [3.05, 3.63) is 56.6 Å². The number of fused-ring (bicyclic) bond motifs is 1. The molecule has 1 heterocycles. The molecule has 11 heteroatoms. The number of phenolic OH excluding ortho intramolecular Hbond substituents is 1. The number of halogens is 1. The highest BCUT2D eigenvalue weighted by Gasteiger charge is 2.17. The molecule has 3 N–H and O–H groups in total. The van der Waals surface area contributed by atoms with Crippen LogP contribution in [0.25, 0.3) is 0 Å². The fourth-order valence-corrected chi connectivity index (χ4v) is 2.62. The van der Waals surface area contributed by atoms with Crippen LogP contribution in [0.4, 0.5) is 5.69 Å². The molecule has 0 atom stereocenters. The molecule has 2 aromatic carbocycles. The lowest BCUT2D eigenvalue weighted by Crippen LogP contribution is -2.31. The average molecular weight is 409 g/mol. The number of rotatable bonds is 5. The summed E-state index contributed by atoms with van der Waals surface area (Å²) in [5.41, 5.74) is 3.06. The van der Waals surface area contributed by atoms with E-state index in [0.29, 0.717) is 18.0 Å². The highest BCUT2D eigenvalue weighted by Crippen LogP contribution is 2.33. The summed E-state index contributed by atoms with van der Waals surface area (Å²) in [7, 11) is 0. The molecule has 27 heavy (non-hydrogen) atoms. The van der Waals surface area contributed by atoms with Crippen LogP contribution in [0.15, 0.2) is 35.4 Å². The second kappa shape index (κ2) is 8.06. The van der Waals surface area contributed by atoms with E-state index in [0.717, 1.165) is 11.6 Å². The van der Waals surface area contributed by atoms with Crippen LogP contribution in [-0.4, -0.2) is 28.1 Å². The Hall–Kier alpha value is -3.11. The van der Waals surface area contributed by atoms with Gasteiger partial charge in [-0.25, -0.2) is 0 Å². The molecule has 0 saturated heterocycles. The molecule has 3 rings (SSSR count). The van der Waals surface area contributed by atoms with E-state index in [9.17, 15) is 15.2 Å². The van der Waals surface area contributed by atoms with Crippen molar-refractivity contribution in [2.45, 2.75) is 6.54 Å². The van der Waals surface area contributed by atoms with Crippen LogP contribution in [0.5, 0.6) is 17.2 Å². The summed E-state index contributed by atoms with van der Waals surface area (Å²) in [4.78, 5) is 10.1. The van der Waals surface area contributed by atoms with Gasteiger partial charge >= 0.3 is 5.69 Å². The summed E-state index contributed by atoms with van der Waals surface area (Å²) in [5, 5.41) is 27.9.